The molecule has 100 valence electrons. The van der Waals surface area contributed by atoms with E-state index in [9.17, 15) is 9.59 Å². The average Bonchev–Trinajstić information content (AvgIpc) is 2.55. The zero-order valence-electron chi connectivity index (χ0n) is 10.4. The lowest BCUT2D eigenvalue weighted by Crippen LogP contribution is -2.47. The minimum absolute atomic E-state index is 0.282. The third-order valence-electron chi connectivity index (χ3n) is 3.20. The van der Waals surface area contributed by atoms with Gasteiger partial charge < -0.3 is 15.7 Å². The second-order valence-electron chi connectivity index (χ2n) is 4.54. The third-order valence-corrected chi connectivity index (χ3v) is 3.20. The Hall–Kier alpha value is -1.70. The van der Waals surface area contributed by atoms with E-state index < -0.39 is 11.9 Å². The smallest absolute Gasteiger partial charge is 0.315 e. The Balaban J connectivity index is 2.47. The number of nitrogens with one attached hydrogen (secondary N) is 2. The number of urea groups is 1. The van der Waals surface area contributed by atoms with E-state index in [1.165, 1.54) is 0 Å². The summed E-state index contributed by atoms with van der Waals surface area (Å²) in [5, 5.41) is 14.5. The van der Waals surface area contributed by atoms with Crippen molar-refractivity contribution in [2.75, 3.05) is 6.54 Å². The maximum Gasteiger partial charge on any atom is 0.315 e. The number of carboxylic acids is 1. The number of carboxylic acid groups (broad SMARTS) is 1. The van der Waals surface area contributed by atoms with Gasteiger partial charge in [0.1, 0.15) is 0 Å². The Morgan fingerprint density at radius 3 is 2.67 bits per heavy atom. The van der Waals surface area contributed by atoms with Crippen LogP contribution >= 0.6 is 0 Å². The number of amides is 2. The Morgan fingerprint density at radius 1 is 1.28 bits per heavy atom. The molecular weight excluding hydrogens is 232 g/mol. The predicted octanol–water partition coefficient (Wildman–Crippen LogP) is 1.34. The number of carbonyl (C=O) groups excluding carboxylic acids is 1. The fourth-order valence-corrected chi connectivity index (χ4v) is 2.24. The van der Waals surface area contributed by atoms with E-state index in [2.05, 4.69) is 16.6 Å². The molecule has 0 aromatic carbocycles. The van der Waals surface area contributed by atoms with E-state index in [4.69, 9.17) is 11.5 Å². The summed E-state index contributed by atoms with van der Waals surface area (Å²) in [6.07, 6.45) is 9.80. The van der Waals surface area contributed by atoms with Gasteiger partial charge in [-0.3, -0.25) is 4.79 Å². The van der Waals surface area contributed by atoms with Gasteiger partial charge in [0.2, 0.25) is 0 Å². The quantitative estimate of drug-likeness (QED) is 0.401. The highest BCUT2D eigenvalue weighted by molar-refractivity contribution is 5.76. The normalized spacial score (nSPS) is 23.5. The van der Waals surface area contributed by atoms with E-state index in [1.54, 1.807) is 0 Å². The van der Waals surface area contributed by atoms with Gasteiger partial charge in [-0.15, -0.1) is 12.3 Å². The average molecular weight is 252 g/mol. The molecule has 5 heteroatoms. The van der Waals surface area contributed by atoms with Crippen LogP contribution in [0.4, 0.5) is 4.79 Å². The Labute approximate surface area is 107 Å². The molecule has 2 atom stereocenters. The van der Waals surface area contributed by atoms with Crippen molar-refractivity contribution in [3.8, 4) is 12.3 Å². The summed E-state index contributed by atoms with van der Waals surface area (Å²) in [6.45, 7) is 0.410. The molecule has 0 heterocycles. The van der Waals surface area contributed by atoms with Gasteiger partial charge in [0.15, 0.2) is 0 Å². The molecule has 0 spiro atoms. The van der Waals surface area contributed by atoms with Crippen LogP contribution in [0.25, 0.3) is 0 Å². The minimum atomic E-state index is -0.828. The number of terminal acetylenes is 1. The van der Waals surface area contributed by atoms with Gasteiger partial charge in [-0.25, -0.2) is 4.79 Å². The summed E-state index contributed by atoms with van der Waals surface area (Å²) in [7, 11) is 0. The Kier molecular flexibility index (Phi) is 6.06. The van der Waals surface area contributed by atoms with Crippen LogP contribution in [-0.4, -0.2) is 29.7 Å². The van der Waals surface area contributed by atoms with E-state index in [0.29, 0.717) is 19.4 Å². The number of hydrogen-bond donors (Lipinski definition) is 3. The zero-order valence-corrected chi connectivity index (χ0v) is 10.4. The second-order valence-corrected chi connectivity index (χ2v) is 4.54. The van der Waals surface area contributed by atoms with Crippen LogP contribution in [0.2, 0.25) is 0 Å². The van der Waals surface area contributed by atoms with Crippen LogP contribution in [-0.2, 0) is 4.79 Å². The first-order chi connectivity index (χ1) is 8.65. The van der Waals surface area contributed by atoms with Crippen LogP contribution < -0.4 is 10.6 Å². The molecule has 0 radical (unpaired) electrons. The fraction of sp³-hybridized carbons (Fsp3) is 0.692. The summed E-state index contributed by atoms with van der Waals surface area (Å²) in [6, 6.07) is -0.612. The van der Waals surface area contributed by atoms with Crippen molar-refractivity contribution >= 4 is 12.0 Å². The largest absolute Gasteiger partial charge is 0.481 e. The monoisotopic (exact) mass is 252 g/mol. The van der Waals surface area contributed by atoms with Crippen LogP contribution in [0.15, 0.2) is 0 Å². The molecule has 2 unspecified atom stereocenters. The lowest BCUT2D eigenvalue weighted by atomic mass is 9.95. The molecule has 0 aromatic rings. The topological polar surface area (TPSA) is 78.4 Å². The van der Waals surface area contributed by atoms with Crippen LogP contribution in [0.5, 0.6) is 0 Å². The van der Waals surface area contributed by atoms with Gasteiger partial charge in [0, 0.05) is 19.0 Å². The predicted molar refractivity (Wildman–Crippen MR) is 68.0 cm³/mol. The molecule has 1 fully saturated rings. The summed E-state index contributed by atoms with van der Waals surface area (Å²) in [5.41, 5.74) is 0. The molecule has 2 amide bonds. The van der Waals surface area contributed by atoms with Gasteiger partial charge in [-0.05, 0) is 12.8 Å². The summed E-state index contributed by atoms with van der Waals surface area (Å²) < 4.78 is 0. The van der Waals surface area contributed by atoms with E-state index in [0.717, 1.165) is 25.7 Å². The molecule has 1 saturated carbocycles. The standard InChI is InChI=1S/C13H20N2O3/c1-2-3-9-14-13(18)15-11-8-6-4-5-7-10(11)12(16)17/h1,10-11H,3-9H2,(H,16,17)(H2,14,15,18). The van der Waals surface area contributed by atoms with Gasteiger partial charge >= 0.3 is 12.0 Å². The highest BCUT2D eigenvalue weighted by Gasteiger charge is 2.30. The molecule has 1 aliphatic carbocycles. The maximum absolute atomic E-state index is 11.6. The van der Waals surface area contributed by atoms with E-state index in [1.807, 2.05) is 0 Å². The zero-order chi connectivity index (χ0) is 13.4. The van der Waals surface area contributed by atoms with Crippen LogP contribution in [0.1, 0.15) is 38.5 Å². The highest BCUT2D eigenvalue weighted by Crippen LogP contribution is 2.23. The Bertz CT molecular complexity index is 336. The van der Waals surface area contributed by atoms with Gasteiger partial charge in [0.25, 0.3) is 0 Å². The molecule has 0 aromatic heterocycles. The summed E-state index contributed by atoms with van der Waals surface area (Å²) >= 11 is 0. The number of aliphatic carboxylic acids is 1. The minimum Gasteiger partial charge on any atom is -0.481 e. The van der Waals surface area contributed by atoms with E-state index in [-0.39, 0.29) is 12.1 Å². The molecular formula is C13H20N2O3. The number of rotatable bonds is 4. The van der Waals surface area contributed by atoms with Crippen LogP contribution in [0, 0.1) is 18.3 Å². The molecule has 18 heavy (non-hydrogen) atoms. The van der Waals surface area contributed by atoms with Crippen molar-refractivity contribution in [3.05, 3.63) is 0 Å². The van der Waals surface area contributed by atoms with Gasteiger partial charge in [-0.2, -0.15) is 0 Å². The number of carbonyl (C=O) groups is 2. The molecule has 3 N–H and O–H groups in total. The molecule has 0 aliphatic heterocycles. The molecule has 0 saturated heterocycles. The first-order valence-electron chi connectivity index (χ1n) is 6.35. The summed E-state index contributed by atoms with van der Waals surface area (Å²) in [5.74, 6) is 1.12. The Morgan fingerprint density at radius 2 is 2.00 bits per heavy atom. The van der Waals surface area contributed by atoms with Crippen molar-refractivity contribution in [1.29, 1.82) is 0 Å². The lowest BCUT2D eigenvalue weighted by molar-refractivity contribution is -0.142. The van der Waals surface area contributed by atoms with E-state index >= 15 is 0 Å². The highest BCUT2D eigenvalue weighted by atomic mass is 16.4. The lowest BCUT2D eigenvalue weighted by Gasteiger charge is -2.22. The first-order valence-corrected chi connectivity index (χ1v) is 6.35. The molecule has 5 nitrogen and oxygen atoms in total. The SMILES string of the molecule is C#CCCNC(=O)NC1CCCCCC1C(=O)O. The van der Waals surface area contributed by atoms with Crippen molar-refractivity contribution in [2.24, 2.45) is 5.92 Å². The van der Waals surface area contributed by atoms with Crippen molar-refractivity contribution in [1.82, 2.24) is 10.6 Å². The van der Waals surface area contributed by atoms with Gasteiger partial charge in [-0.1, -0.05) is 19.3 Å². The van der Waals surface area contributed by atoms with Gasteiger partial charge in [0.05, 0.1) is 5.92 Å². The van der Waals surface area contributed by atoms with Crippen molar-refractivity contribution < 1.29 is 14.7 Å². The molecule has 0 bridgehead atoms. The molecule has 1 rings (SSSR count). The third kappa shape index (κ3) is 4.66. The number of hydrogen-bond acceptors (Lipinski definition) is 2. The fourth-order valence-electron chi connectivity index (χ4n) is 2.24. The first kappa shape index (κ1) is 14.4. The van der Waals surface area contributed by atoms with Crippen LogP contribution in [0.3, 0.4) is 0 Å². The summed E-state index contributed by atoms with van der Waals surface area (Å²) in [4.78, 5) is 22.7. The maximum atomic E-state index is 11.6. The van der Waals surface area contributed by atoms with Crippen molar-refractivity contribution in [2.45, 2.75) is 44.6 Å². The second kappa shape index (κ2) is 7.59. The van der Waals surface area contributed by atoms with Crippen molar-refractivity contribution in [3.63, 3.8) is 0 Å². The molecule has 1 aliphatic rings.